The van der Waals surface area contributed by atoms with E-state index in [1.165, 1.54) is 94.6 Å². The third-order valence-electron chi connectivity index (χ3n) is 6.41. The number of aliphatic hydroxyl groups excluding tert-OH is 2. The molecule has 200 valence electrons. The second-order valence-corrected chi connectivity index (χ2v) is 9.47. The summed E-state index contributed by atoms with van der Waals surface area (Å²) in [5.41, 5.74) is 10.4. The summed E-state index contributed by atoms with van der Waals surface area (Å²) in [6.45, 7) is 3.98. The highest BCUT2D eigenvalue weighted by atomic mass is 16.6. The zero-order valence-electron chi connectivity index (χ0n) is 22.5. The lowest BCUT2D eigenvalue weighted by molar-refractivity contribution is -0.900. The van der Waals surface area contributed by atoms with E-state index in [-0.39, 0.29) is 12.6 Å². The number of hydrogen-bond acceptors (Lipinski definition) is 4. The molecular weight excluding hydrogens is 424 g/mol. The molecule has 0 amide bonds. The summed E-state index contributed by atoms with van der Waals surface area (Å²) >= 11 is 0. The monoisotopic (exact) mass is 481 g/mol. The Hall–Kier alpha value is -0.980. The Kier molecular flexibility index (Phi) is 25.9. The molecular formula is C29H57N2O3+. The lowest BCUT2D eigenvalue weighted by Gasteiger charge is -2.09. The number of nitrogens with two attached hydrogens (primary N) is 2. The fourth-order valence-corrected chi connectivity index (χ4v) is 4.23. The van der Waals surface area contributed by atoms with Gasteiger partial charge in [0.2, 0.25) is 0 Å². The van der Waals surface area contributed by atoms with Gasteiger partial charge in [0.1, 0.15) is 13.2 Å². The van der Waals surface area contributed by atoms with Gasteiger partial charge in [0.05, 0.1) is 6.61 Å². The Morgan fingerprint density at radius 1 is 0.765 bits per heavy atom. The van der Waals surface area contributed by atoms with Crippen molar-refractivity contribution in [2.75, 3.05) is 20.3 Å². The topological polar surface area (TPSA) is 92.3 Å². The van der Waals surface area contributed by atoms with Crippen LogP contribution in [0.2, 0.25) is 0 Å². The summed E-state index contributed by atoms with van der Waals surface area (Å²) in [5.74, 6) is 0. The molecule has 0 aliphatic heterocycles. The van der Waals surface area contributed by atoms with E-state index in [9.17, 15) is 0 Å². The van der Waals surface area contributed by atoms with E-state index in [2.05, 4.69) is 31.2 Å². The van der Waals surface area contributed by atoms with Crippen molar-refractivity contribution in [2.24, 2.45) is 5.73 Å². The zero-order valence-corrected chi connectivity index (χ0v) is 22.5. The van der Waals surface area contributed by atoms with E-state index in [1.54, 1.807) is 0 Å². The van der Waals surface area contributed by atoms with Crippen LogP contribution in [0.5, 0.6) is 0 Å². The summed E-state index contributed by atoms with van der Waals surface area (Å²) in [4.78, 5) is 5.81. The summed E-state index contributed by atoms with van der Waals surface area (Å²) in [6.07, 6.45) is 22.4. The number of benzene rings is 1. The lowest BCUT2D eigenvalue weighted by atomic mass is 10.0. The summed E-state index contributed by atoms with van der Waals surface area (Å²) in [5, 5.41) is 15.9. The molecule has 6 N–H and O–H groups in total. The van der Waals surface area contributed by atoms with Crippen molar-refractivity contribution in [3.8, 4) is 0 Å². The van der Waals surface area contributed by atoms with Crippen LogP contribution in [-0.2, 0) is 17.9 Å². The van der Waals surface area contributed by atoms with Gasteiger partial charge in [-0.2, -0.15) is 0 Å². The molecule has 1 atom stereocenters. The van der Waals surface area contributed by atoms with Crippen molar-refractivity contribution in [1.82, 2.24) is 0 Å². The lowest BCUT2D eigenvalue weighted by Crippen LogP contribution is -2.83. The molecule has 0 bridgehead atoms. The first-order chi connectivity index (χ1) is 16.8. The van der Waals surface area contributed by atoms with E-state index in [4.69, 9.17) is 20.8 Å². The third-order valence-corrected chi connectivity index (χ3v) is 6.41. The van der Waals surface area contributed by atoms with Crippen LogP contribution >= 0.6 is 0 Å². The normalized spacial score (nSPS) is 11.8. The van der Waals surface area contributed by atoms with Gasteiger partial charge in [0.15, 0.2) is 0 Å². The SMILES string of the molecule is CCCCCCCCCCCCCCCc1ccccc1CO[NH2+]CCCCC(N)CO.CO. The van der Waals surface area contributed by atoms with Gasteiger partial charge in [-0.3, -0.25) is 0 Å². The van der Waals surface area contributed by atoms with Crippen LogP contribution < -0.4 is 11.2 Å². The maximum absolute atomic E-state index is 8.94. The quantitative estimate of drug-likeness (QED) is 0.124. The fourth-order valence-electron chi connectivity index (χ4n) is 4.23. The number of aryl methyl sites for hydroxylation is 1. The van der Waals surface area contributed by atoms with Crippen LogP contribution in [0.15, 0.2) is 24.3 Å². The Balaban J connectivity index is 0.00000529. The molecule has 5 nitrogen and oxygen atoms in total. The fraction of sp³-hybridized carbons (Fsp3) is 0.793. The average molecular weight is 482 g/mol. The molecule has 0 radical (unpaired) electrons. The molecule has 0 fully saturated rings. The number of hydroxylamine groups is 1. The Bertz CT molecular complexity index is 528. The van der Waals surface area contributed by atoms with Gasteiger partial charge in [-0.25, -0.2) is 10.3 Å². The minimum absolute atomic E-state index is 0.0760. The molecule has 0 saturated carbocycles. The van der Waals surface area contributed by atoms with Crippen molar-refractivity contribution in [1.29, 1.82) is 0 Å². The van der Waals surface area contributed by atoms with Crippen LogP contribution in [0.3, 0.4) is 0 Å². The van der Waals surface area contributed by atoms with Crippen LogP contribution in [0.25, 0.3) is 0 Å². The van der Waals surface area contributed by atoms with Gasteiger partial charge in [0, 0.05) is 13.2 Å². The zero-order chi connectivity index (χ0) is 25.1. The first-order valence-corrected chi connectivity index (χ1v) is 14.1. The van der Waals surface area contributed by atoms with Crippen LogP contribution in [0.4, 0.5) is 0 Å². The standard InChI is InChI=1S/C28H52N2O2.CH4O/c1-2-3-4-5-6-7-8-9-10-11-12-13-14-19-26-20-15-16-21-27(26)25-32-30-23-18-17-22-28(29)24-31;1-2/h15-16,20-21,28,30-31H,2-14,17-19,22-25,29H2,1H3;2H,1H3/p+1. The van der Waals surface area contributed by atoms with Crippen molar-refractivity contribution >= 4 is 0 Å². The highest BCUT2D eigenvalue weighted by Crippen LogP contribution is 2.16. The van der Waals surface area contributed by atoms with E-state index in [1.807, 2.05) is 5.48 Å². The van der Waals surface area contributed by atoms with Crippen molar-refractivity contribution in [3.63, 3.8) is 0 Å². The first kappa shape index (κ1) is 33.0. The van der Waals surface area contributed by atoms with Gasteiger partial charge < -0.3 is 15.9 Å². The second kappa shape index (κ2) is 26.6. The average Bonchev–Trinajstić information content (AvgIpc) is 2.88. The van der Waals surface area contributed by atoms with E-state index in [0.717, 1.165) is 39.3 Å². The third kappa shape index (κ3) is 20.4. The molecule has 0 saturated heterocycles. The minimum Gasteiger partial charge on any atom is -0.400 e. The summed E-state index contributed by atoms with van der Waals surface area (Å²) in [7, 11) is 1.00. The number of unbranched alkanes of at least 4 members (excludes halogenated alkanes) is 13. The minimum atomic E-state index is -0.0760. The van der Waals surface area contributed by atoms with Crippen molar-refractivity contribution in [3.05, 3.63) is 35.4 Å². The molecule has 0 aliphatic rings. The number of hydrogen-bond donors (Lipinski definition) is 4. The molecule has 1 unspecified atom stereocenters. The number of rotatable bonds is 23. The van der Waals surface area contributed by atoms with E-state index < -0.39 is 0 Å². The maximum Gasteiger partial charge on any atom is 0.131 e. The summed E-state index contributed by atoms with van der Waals surface area (Å²) < 4.78 is 0. The molecule has 1 aromatic carbocycles. The van der Waals surface area contributed by atoms with Crippen LogP contribution in [0.1, 0.15) is 121 Å². The van der Waals surface area contributed by atoms with Crippen molar-refractivity contribution in [2.45, 2.75) is 129 Å². The molecule has 5 heteroatoms. The molecule has 0 aromatic heterocycles. The number of quaternary nitrogens is 1. The Morgan fingerprint density at radius 2 is 1.29 bits per heavy atom. The Labute approximate surface area is 210 Å². The summed E-state index contributed by atoms with van der Waals surface area (Å²) in [6, 6.07) is 8.64. The van der Waals surface area contributed by atoms with Crippen molar-refractivity contribution < 1.29 is 20.5 Å². The van der Waals surface area contributed by atoms with Gasteiger partial charge >= 0.3 is 0 Å². The van der Waals surface area contributed by atoms with Crippen LogP contribution in [0, 0.1) is 0 Å². The van der Waals surface area contributed by atoms with Gasteiger partial charge in [-0.1, -0.05) is 108 Å². The van der Waals surface area contributed by atoms with E-state index in [0.29, 0.717) is 6.61 Å². The molecule has 0 aliphatic carbocycles. The second-order valence-electron chi connectivity index (χ2n) is 9.47. The predicted octanol–water partition coefficient (Wildman–Crippen LogP) is 5.41. The molecule has 0 heterocycles. The van der Waals surface area contributed by atoms with Gasteiger partial charge in [0.25, 0.3) is 0 Å². The molecule has 0 spiro atoms. The molecule has 1 aromatic rings. The predicted molar refractivity (Wildman–Crippen MR) is 144 cm³/mol. The largest absolute Gasteiger partial charge is 0.400 e. The van der Waals surface area contributed by atoms with Gasteiger partial charge in [-0.15, -0.1) is 0 Å². The molecule has 34 heavy (non-hydrogen) atoms. The van der Waals surface area contributed by atoms with Crippen LogP contribution in [-0.4, -0.2) is 36.5 Å². The highest BCUT2D eigenvalue weighted by molar-refractivity contribution is 5.26. The maximum atomic E-state index is 8.94. The first-order valence-electron chi connectivity index (χ1n) is 14.1. The highest BCUT2D eigenvalue weighted by Gasteiger charge is 2.04. The number of aliphatic hydroxyl groups is 2. The van der Waals surface area contributed by atoms with E-state index >= 15 is 0 Å². The van der Waals surface area contributed by atoms with Gasteiger partial charge in [-0.05, 0) is 43.2 Å². The Morgan fingerprint density at radius 3 is 1.85 bits per heavy atom. The smallest absolute Gasteiger partial charge is 0.131 e. The molecule has 1 rings (SSSR count).